The van der Waals surface area contributed by atoms with Crippen molar-refractivity contribution in [2.24, 2.45) is 0 Å². The van der Waals surface area contributed by atoms with Gasteiger partial charge in [0, 0.05) is 0 Å². The topological polar surface area (TPSA) is 98.1 Å². The third kappa shape index (κ3) is 5.41. The molecule has 0 saturated carbocycles. The summed E-state index contributed by atoms with van der Waals surface area (Å²) >= 11 is 0. The first kappa shape index (κ1) is 19.1. The molecule has 0 radical (unpaired) electrons. The van der Waals surface area contributed by atoms with Crippen LogP contribution in [-0.2, 0) is 9.59 Å². The molecule has 3 rings (SSSR count). The Morgan fingerprint density at radius 2 is 1.82 bits per heavy atom. The molecule has 1 aromatic heterocycles. The molecule has 0 fully saturated rings. The van der Waals surface area contributed by atoms with Gasteiger partial charge >= 0.3 is 0 Å². The van der Waals surface area contributed by atoms with Crippen LogP contribution in [0, 0.1) is 0 Å². The van der Waals surface area contributed by atoms with Gasteiger partial charge in [-0.2, -0.15) is 5.10 Å². The zero-order valence-electron chi connectivity index (χ0n) is 15.4. The number of benzene rings is 2. The van der Waals surface area contributed by atoms with E-state index >= 15 is 0 Å². The molecule has 1 atom stereocenters. The van der Waals surface area contributed by atoms with Crippen LogP contribution in [0.25, 0.3) is 5.69 Å². The van der Waals surface area contributed by atoms with Gasteiger partial charge in [0.1, 0.15) is 18.4 Å². The van der Waals surface area contributed by atoms with Gasteiger partial charge in [0.05, 0.1) is 18.3 Å². The number of nitrogens with one attached hydrogen (secondary N) is 2. The zero-order chi connectivity index (χ0) is 19.8. The SMILES string of the molecule is CC(NC(=O)CNC(=O)COc1ccccc1)c1ccc(-n2cncn2)cc1. The molecule has 0 aliphatic heterocycles. The third-order valence-corrected chi connectivity index (χ3v) is 4.01. The minimum Gasteiger partial charge on any atom is -0.484 e. The van der Waals surface area contributed by atoms with Crippen LogP contribution in [-0.4, -0.2) is 39.7 Å². The van der Waals surface area contributed by atoms with E-state index in [2.05, 4.69) is 20.7 Å². The summed E-state index contributed by atoms with van der Waals surface area (Å²) in [5, 5.41) is 9.46. The second-order valence-electron chi connectivity index (χ2n) is 6.10. The largest absolute Gasteiger partial charge is 0.484 e. The molecule has 1 unspecified atom stereocenters. The standard InChI is InChI=1S/C20H21N5O3/c1-15(16-7-9-17(10-8-16)25-14-21-13-23-25)24-19(26)11-22-20(27)12-28-18-5-3-2-4-6-18/h2-10,13-15H,11-12H2,1H3,(H,22,27)(H,24,26). The molecule has 0 bridgehead atoms. The minimum atomic E-state index is -0.358. The summed E-state index contributed by atoms with van der Waals surface area (Å²) in [7, 11) is 0. The van der Waals surface area contributed by atoms with Crippen molar-refractivity contribution in [2.75, 3.05) is 13.2 Å². The molecular weight excluding hydrogens is 358 g/mol. The number of amides is 2. The van der Waals surface area contributed by atoms with Crippen LogP contribution in [0.5, 0.6) is 5.75 Å². The first-order chi connectivity index (χ1) is 13.6. The summed E-state index contributed by atoms with van der Waals surface area (Å²) in [6.45, 7) is 1.62. The lowest BCUT2D eigenvalue weighted by atomic mass is 10.1. The molecule has 8 nitrogen and oxygen atoms in total. The highest BCUT2D eigenvalue weighted by Gasteiger charge is 2.11. The number of hydrogen-bond acceptors (Lipinski definition) is 5. The van der Waals surface area contributed by atoms with Gasteiger partial charge in [0.2, 0.25) is 5.91 Å². The molecule has 1 heterocycles. The second kappa shape index (κ2) is 9.31. The highest BCUT2D eigenvalue weighted by Crippen LogP contribution is 2.15. The Bertz CT molecular complexity index is 895. The van der Waals surface area contributed by atoms with Crippen molar-refractivity contribution in [1.29, 1.82) is 0 Å². The lowest BCUT2D eigenvalue weighted by Gasteiger charge is -2.15. The fourth-order valence-corrected chi connectivity index (χ4v) is 2.53. The van der Waals surface area contributed by atoms with Gasteiger partial charge in [-0.3, -0.25) is 9.59 Å². The van der Waals surface area contributed by atoms with Crippen molar-refractivity contribution in [2.45, 2.75) is 13.0 Å². The maximum atomic E-state index is 12.1. The van der Waals surface area contributed by atoms with Gasteiger partial charge in [0.25, 0.3) is 5.91 Å². The first-order valence-electron chi connectivity index (χ1n) is 8.80. The van der Waals surface area contributed by atoms with E-state index in [-0.39, 0.29) is 31.0 Å². The van der Waals surface area contributed by atoms with E-state index < -0.39 is 0 Å². The summed E-state index contributed by atoms with van der Waals surface area (Å²) in [5.74, 6) is -0.0326. The van der Waals surface area contributed by atoms with E-state index in [1.807, 2.05) is 49.4 Å². The maximum absolute atomic E-state index is 12.1. The number of rotatable bonds is 8. The van der Waals surface area contributed by atoms with Crippen LogP contribution in [0.1, 0.15) is 18.5 Å². The van der Waals surface area contributed by atoms with Gasteiger partial charge < -0.3 is 15.4 Å². The fraction of sp³-hybridized carbons (Fsp3) is 0.200. The van der Waals surface area contributed by atoms with Gasteiger partial charge in [-0.25, -0.2) is 9.67 Å². The van der Waals surface area contributed by atoms with Crippen molar-refractivity contribution in [3.63, 3.8) is 0 Å². The number of nitrogens with zero attached hydrogens (tertiary/aromatic N) is 3. The van der Waals surface area contributed by atoms with Crippen LogP contribution in [0.15, 0.2) is 67.3 Å². The van der Waals surface area contributed by atoms with Crippen molar-refractivity contribution >= 4 is 11.8 Å². The predicted octanol–water partition coefficient (Wildman–Crippen LogP) is 1.64. The van der Waals surface area contributed by atoms with Crippen molar-refractivity contribution in [3.8, 4) is 11.4 Å². The van der Waals surface area contributed by atoms with Crippen LogP contribution in [0.2, 0.25) is 0 Å². The van der Waals surface area contributed by atoms with Gasteiger partial charge in [-0.1, -0.05) is 30.3 Å². The number of para-hydroxylation sites is 1. The molecule has 0 saturated heterocycles. The Kier molecular flexibility index (Phi) is 6.35. The van der Waals surface area contributed by atoms with Crippen molar-refractivity contribution in [3.05, 3.63) is 72.8 Å². The Morgan fingerprint density at radius 1 is 1.07 bits per heavy atom. The third-order valence-electron chi connectivity index (χ3n) is 4.01. The number of ether oxygens (including phenoxy) is 1. The van der Waals surface area contributed by atoms with Crippen LogP contribution in [0.3, 0.4) is 0 Å². The van der Waals surface area contributed by atoms with Crippen molar-refractivity contribution in [1.82, 2.24) is 25.4 Å². The summed E-state index contributed by atoms with van der Waals surface area (Å²) in [6.07, 6.45) is 3.08. The lowest BCUT2D eigenvalue weighted by Crippen LogP contribution is -2.39. The van der Waals surface area contributed by atoms with Gasteiger partial charge in [0.15, 0.2) is 6.61 Å². The number of carbonyl (C=O) groups is 2. The Labute approximate surface area is 162 Å². The van der Waals surface area contributed by atoms with E-state index in [1.165, 1.54) is 6.33 Å². The maximum Gasteiger partial charge on any atom is 0.258 e. The molecule has 28 heavy (non-hydrogen) atoms. The quantitative estimate of drug-likeness (QED) is 0.620. The minimum absolute atomic E-state index is 0.113. The molecule has 8 heteroatoms. The summed E-state index contributed by atoms with van der Waals surface area (Å²) < 4.78 is 6.99. The fourth-order valence-electron chi connectivity index (χ4n) is 2.53. The van der Waals surface area contributed by atoms with E-state index in [9.17, 15) is 9.59 Å². The molecule has 0 spiro atoms. The Balaban J connectivity index is 1.42. The average molecular weight is 379 g/mol. The predicted molar refractivity (Wildman–Crippen MR) is 103 cm³/mol. The first-order valence-corrected chi connectivity index (χ1v) is 8.80. The monoisotopic (exact) mass is 379 g/mol. The Hall–Kier alpha value is -3.68. The normalized spacial score (nSPS) is 11.5. The zero-order valence-corrected chi connectivity index (χ0v) is 15.4. The lowest BCUT2D eigenvalue weighted by molar-refractivity contribution is -0.127. The van der Waals surface area contributed by atoms with Gasteiger partial charge in [-0.05, 0) is 36.8 Å². The molecule has 2 amide bonds. The number of carbonyl (C=O) groups excluding carboxylic acids is 2. The molecule has 2 aromatic carbocycles. The summed E-state index contributed by atoms with van der Waals surface area (Å²) in [5.41, 5.74) is 1.82. The summed E-state index contributed by atoms with van der Waals surface area (Å²) in [4.78, 5) is 27.8. The van der Waals surface area contributed by atoms with E-state index in [0.717, 1.165) is 11.3 Å². The summed E-state index contributed by atoms with van der Waals surface area (Å²) in [6, 6.07) is 16.4. The second-order valence-corrected chi connectivity index (χ2v) is 6.10. The van der Waals surface area contributed by atoms with Crippen molar-refractivity contribution < 1.29 is 14.3 Å². The Morgan fingerprint density at radius 3 is 2.50 bits per heavy atom. The average Bonchev–Trinajstić information content (AvgIpc) is 3.26. The van der Waals surface area contributed by atoms with Crippen LogP contribution >= 0.6 is 0 Å². The molecule has 3 aromatic rings. The van der Waals surface area contributed by atoms with Gasteiger partial charge in [-0.15, -0.1) is 0 Å². The van der Waals surface area contributed by atoms with E-state index in [1.54, 1.807) is 23.1 Å². The van der Waals surface area contributed by atoms with Crippen LogP contribution < -0.4 is 15.4 Å². The molecule has 144 valence electrons. The molecule has 2 N–H and O–H groups in total. The number of hydrogen-bond donors (Lipinski definition) is 2. The molecule has 0 aliphatic carbocycles. The number of aromatic nitrogens is 3. The van der Waals surface area contributed by atoms with E-state index in [0.29, 0.717) is 5.75 Å². The van der Waals surface area contributed by atoms with E-state index in [4.69, 9.17) is 4.74 Å². The smallest absolute Gasteiger partial charge is 0.258 e. The molecular formula is C20H21N5O3. The highest BCUT2D eigenvalue weighted by molar-refractivity contribution is 5.85. The highest BCUT2D eigenvalue weighted by atomic mass is 16.5. The van der Waals surface area contributed by atoms with Crippen LogP contribution in [0.4, 0.5) is 0 Å². The molecule has 0 aliphatic rings.